The van der Waals surface area contributed by atoms with Crippen LogP contribution in [0.25, 0.3) is 0 Å². The first kappa shape index (κ1) is 17.4. The summed E-state index contributed by atoms with van der Waals surface area (Å²) < 4.78 is 0. The average Bonchev–Trinajstić information content (AvgIpc) is 2.61. The van der Waals surface area contributed by atoms with Gasteiger partial charge in [-0.25, -0.2) is 0 Å². The van der Waals surface area contributed by atoms with E-state index in [0.717, 1.165) is 19.3 Å². The monoisotopic (exact) mass is 336 g/mol. The summed E-state index contributed by atoms with van der Waals surface area (Å²) in [5.41, 5.74) is 3.99. The van der Waals surface area contributed by atoms with E-state index in [1.807, 2.05) is 7.05 Å². The normalized spacial score (nSPS) is 16.4. The second kappa shape index (κ2) is 7.62. The maximum Gasteiger partial charge on any atom is 0.238 e. The number of anilines is 1. The Labute approximate surface area is 148 Å². The quantitative estimate of drug-likeness (QED) is 0.844. The second-order valence-electron chi connectivity index (χ2n) is 6.71. The van der Waals surface area contributed by atoms with Crippen molar-refractivity contribution in [3.05, 3.63) is 65.2 Å². The van der Waals surface area contributed by atoms with Crippen molar-refractivity contribution >= 4 is 17.4 Å². The number of carbonyl (C=O) groups is 2. The number of carbonyl (C=O) groups excluding carboxylic acids is 2. The van der Waals surface area contributed by atoms with Gasteiger partial charge in [-0.05, 0) is 56.5 Å². The number of nitrogens with one attached hydrogen (secondary N) is 1. The smallest absolute Gasteiger partial charge is 0.238 e. The molecule has 3 rings (SSSR count). The lowest BCUT2D eigenvalue weighted by Crippen LogP contribution is -2.34. The van der Waals surface area contributed by atoms with E-state index in [0.29, 0.717) is 17.8 Å². The molecule has 0 saturated carbocycles. The standard InChI is InChI=1S/C21H24N2O2/c1-15(24)17-9-5-10-18(13-17)22-21(25)14-23(2)20-12-6-8-16-7-3-4-11-19(16)20/h3-5,7,9-11,13,20H,6,8,12,14H2,1-2H3,(H,22,25)/t20-/m1/s1. The van der Waals surface area contributed by atoms with E-state index in [1.54, 1.807) is 24.3 Å². The van der Waals surface area contributed by atoms with Crippen LogP contribution in [0.3, 0.4) is 0 Å². The highest BCUT2D eigenvalue weighted by Crippen LogP contribution is 2.33. The van der Waals surface area contributed by atoms with E-state index in [2.05, 4.69) is 34.5 Å². The third-order valence-corrected chi connectivity index (χ3v) is 4.82. The molecule has 1 atom stereocenters. The molecule has 0 bridgehead atoms. The topological polar surface area (TPSA) is 49.4 Å². The molecule has 0 unspecified atom stereocenters. The molecule has 4 nitrogen and oxygen atoms in total. The zero-order chi connectivity index (χ0) is 17.8. The second-order valence-corrected chi connectivity index (χ2v) is 6.71. The van der Waals surface area contributed by atoms with Crippen LogP contribution in [0.2, 0.25) is 0 Å². The van der Waals surface area contributed by atoms with Gasteiger partial charge in [-0.3, -0.25) is 14.5 Å². The predicted octanol–water partition coefficient (Wildman–Crippen LogP) is 3.84. The van der Waals surface area contributed by atoms with Crippen LogP contribution in [0.5, 0.6) is 0 Å². The molecule has 0 aliphatic heterocycles. The molecule has 1 N–H and O–H groups in total. The Hall–Kier alpha value is -2.46. The Bertz CT molecular complexity index is 785. The molecule has 130 valence electrons. The maximum atomic E-state index is 12.4. The summed E-state index contributed by atoms with van der Waals surface area (Å²) in [4.78, 5) is 26.0. The van der Waals surface area contributed by atoms with Gasteiger partial charge in [-0.2, -0.15) is 0 Å². The fourth-order valence-electron chi connectivity index (χ4n) is 3.54. The van der Waals surface area contributed by atoms with Gasteiger partial charge in [0.1, 0.15) is 0 Å². The number of nitrogens with zero attached hydrogens (tertiary/aromatic N) is 1. The minimum absolute atomic E-state index is 0.00738. The van der Waals surface area contributed by atoms with Crippen molar-refractivity contribution in [2.75, 3.05) is 18.9 Å². The molecule has 0 aromatic heterocycles. The highest BCUT2D eigenvalue weighted by molar-refractivity contribution is 5.97. The fraction of sp³-hybridized carbons (Fsp3) is 0.333. The van der Waals surface area contributed by atoms with Crippen molar-refractivity contribution in [2.45, 2.75) is 32.2 Å². The SMILES string of the molecule is CC(=O)c1cccc(NC(=O)CN(C)[C@@H]2CCCc3ccccc32)c1. The number of benzene rings is 2. The van der Waals surface area contributed by atoms with Crippen LogP contribution in [-0.2, 0) is 11.2 Å². The lowest BCUT2D eigenvalue weighted by molar-refractivity contribution is -0.117. The van der Waals surface area contributed by atoms with Crippen LogP contribution in [0.4, 0.5) is 5.69 Å². The van der Waals surface area contributed by atoms with Crippen LogP contribution in [-0.4, -0.2) is 30.2 Å². The maximum absolute atomic E-state index is 12.4. The predicted molar refractivity (Wildman–Crippen MR) is 99.8 cm³/mol. The molecule has 4 heteroatoms. The summed E-state index contributed by atoms with van der Waals surface area (Å²) in [6.07, 6.45) is 3.33. The van der Waals surface area contributed by atoms with Gasteiger partial charge in [0, 0.05) is 17.3 Å². The number of amides is 1. The van der Waals surface area contributed by atoms with Crippen molar-refractivity contribution in [1.82, 2.24) is 4.90 Å². The van der Waals surface area contributed by atoms with Gasteiger partial charge in [-0.1, -0.05) is 36.4 Å². The largest absolute Gasteiger partial charge is 0.325 e. The molecule has 0 radical (unpaired) electrons. The number of hydrogen-bond acceptors (Lipinski definition) is 3. The van der Waals surface area contributed by atoms with Gasteiger partial charge in [0.15, 0.2) is 5.78 Å². The van der Waals surface area contributed by atoms with Gasteiger partial charge >= 0.3 is 0 Å². The van der Waals surface area contributed by atoms with Gasteiger partial charge in [0.25, 0.3) is 0 Å². The fourth-order valence-corrected chi connectivity index (χ4v) is 3.54. The lowest BCUT2D eigenvalue weighted by atomic mass is 9.87. The summed E-state index contributed by atoms with van der Waals surface area (Å²) in [6, 6.07) is 15.8. The first-order valence-electron chi connectivity index (χ1n) is 8.73. The third kappa shape index (κ3) is 4.15. The third-order valence-electron chi connectivity index (χ3n) is 4.82. The number of rotatable bonds is 5. The highest BCUT2D eigenvalue weighted by atomic mass is 16.2. The average molecular weight is 336 g/mol. The molecule has 2 aromatic rings. The Kier molecular flexibility index (Phi) is 5.29. The van der Waals surface area contributed by atoms with Gasteiger partial charge in [-0.15, -0.1) is 0 Å². The highest BCUT2D eigenvalue weighted by Gasteiger charge is 2.24. The number of hydrogen-bond donors (Lipinski definition) is 1. The van der Waals surface area contributed by atoms with Crippen LogP contribution < -0.4 is 5.32 Å². The Morgan fingerprint density at radius 2 is 1.96 bits per heavy atom. The molecule has 25 heavy (non-hydrogen) atoms. The van der Waals surface area contributed by atoms with E-state index in [1.165, 1.54) is 18.1 Å². The summed E-state index contributed by atoms with van der Waals surface area (Å²) in [7, 11) is 2.00. The van der Waals surface area contributed by atoms with Crippen LogP contribution in [0.1, 0.15) is 47.3 Å². The molecule has 1 amide bonds. The molecule has 1 aliphatic rings. The number of Topliss-reactive ketones (excluding diaryl/α,β-unsaturated/α-hetero) is 1. The number of likely N-dealkylation sites (N-methyl/N-ethyl adjacent to an activating group) is 1. The number of aryl methyl sites for hydroxylation is 1. The van der Waals surface area contributed by atoms with Gasteiger partial charge in [0.2, 0.25) is 5.91 Å². The zero-order valence-corrected chi connectivity index (χ0v) is 14.8. The first-order valence-corrected chi connectivity index (χ1v) is 8.73. The molecule has 1 aliphatic carbocycles. The molecular weight excluding hydrogens is 312 g/mol. The minimum Gasteiger partial charge on any atom is -0.325 e. The number of ketones is 1. The molecule has 2 aromatic carbocycles. The Morgan fingerprint density at radius 1 is 1.16 bits per heavy atom. The Balaban J connectivity index is 1.65. The van der Waals surface area contributed by atoms with Crippen LogP contribution >= 0.6 is 0 Å². The van der Waals surface area contributed by atoms with Gasteiger partial charge in [0.05, 0.1) is 6.54 Å². The van der Waals surface area contributed by atoms with Crippen molar-refractivity contribution in [3.8, 4) is 0 Å². The summed E-state index contributed by atoms with van der Waals surface area (Å²) in [6.45, 7) is 1.85. The zero-order valence-electron chi connectivity index (χ0n) is 14.8. The lowest BCUT2D eigenvalue weighted by Gasteiger charge is -2.32. The first-order chi connectivity index (χ1) is 12.0. The van der Waals surface area contributed by atoms with E-state index in [9.17, 15) is 9.59 Å². The molecule has 0 fully saturated rings. The van der Waals surface area contributed by atoms with E-state index >= 15 is 0 Å². The van der Waals surface area contributed by atoms with Crippen molar-refractivity contribution in [2.24, 2.45) is 0 Å². The Morgan fingerprint density at radius 3 is 2.76 bits per heavy atom. The molecule has 0 spiro atoms. The molecular formula is C21H24N2O2. The summed E-state index contributed by atoms with van der Waals surface area (Å²) >= 11 is 0. The van der Waals surface area contributed by atoms with E-state index < -0.39 is 0 Å². The van der Waals surface area contributed by atoms with Crippen molar-refractivity contribution in [3.63, 3.8) is 0 Å². The van der Waals surface area contributed by atoms with Crippen LogP contribution in [0, 0.1) is 0 Å². The molecule has 0 heterocycles. The van der Waals surface area contributed by atoms with Crippen molar-refractivity contribution < 1.29 is 9.59 Å². The van der Waals surface area contributed by atoms with Crippen molar-refractivity contribution in [1.29, 1.82) is 0 Å². The number of fused-ring (bicyclic) bond motifs is 1. The summed E-state index contributed by atoms with van der Waals surface area (Å²) in [5, 5.41) is 2.90. The van der Waals surface area contributed by atoms with Crippen LogP contribution in [0.15, 0.2) is 48.5 Å². The van der Waals surface area contributed by atoms with E-state index in [4.69, 9.17) is 0 Å². The summed E-state index contributed by atoms with van der Waals surface area (Å²) in [5.74, 6) is -0.0710. The van der Waals surface area contributed by atoms with Gasteiger partial charge < -0.3 is 5.32 Å². The molecule has 0 saturated heterocycles. The van der Waals surface area contributed by atoms with E-state index in [-0.39, 0.29) is 17.7 Å². The minimum atomic E-state index is -0.0637.